The molecule has 0 aliphatic carbocycles. The molecular formula is C15H20ClN5. The molecule has 0 fully saturated rings. The van der Waals surface area contributed by atoms with Gasteiger partial charge in [0.2, 0.25) is 5.95 Å². The highest BCUT2D eigenvalue weighted by molar-refractivity contribution is 6.33. The SMILES string of the molecule is CN(C)CCCNc1ccnc(Nc2ccccc2Cl)n1. The van der Waals surface area contributed by atoms with Gasteiger partial charge in [-0.15, -0.1) is 0 Å². The number of anilines is 3. The minimum atomic E-state index is 0.528. The van der Waals surface area contributed by atoms with Crippen molar-refractivity contribution in [2.75, 3.05) is 37.8 Å². The van der Waals surface area contributed by atoms with Crippen molar-refractivity contribution < 1.29 is 0 Å². The van der Waals surface area contributed by atoms with Gasteiger partial charge in [0.25, 0.3) is 0 Å². The number of aromatic nitrogens is 2. The molecular weight excluding hydrogens is 286 g/mol. The number of nitrogens with one attached hydrogen (secondary N) is 2. The fourth-order valence-electron chi connectivity index (χ4n) is 1.81. The van der Waals surface area contributed by atoms with Crippen molar-refractivity contribution in [2.24, 2.45) is 0 Å². The van der Waals surface area contributed by atoms with Gasteiger partial charge in [0.1, 0.15) is 5.82 Å². The molecule has 0 aliphatic heterocycles. The van der Waals surface area contributed by atoms with Gasteiger partial charge in [-0.05, 0) is 45.3 Å². The molecule has 0 radical (unpaired) electrons. The third-order valence-corrected chi connectivity index (χ3v) is 3.19. The first-order chi connectivity index (χ1) is 10.1. The highest BCUT2D eigenvalue weighted by atomic mass is 35.5. The molecule has 112 valence electrons. The molecule has 2 rings (SSSR count). The lowest BCUT2D eigenvalue weighted by molar-refractivity contribution is 0.405. The Morgan fingerprint density at radius 3 is 2.76 bits per heavy atom. The van der Waals surface area contributed by atoms with Crippen LogP contribution < -0.4 is 10.6 Å². The molecule has 0 amide bonds. The molecule has 0 saturated heterocycles. The van der Waals surface area contributed by atoms with Crippen LogP contribution in [0.4, 0.5) is 17.5 Å². The zero-order valence-electron chi connectivity index (χ0n) is 12.3. The van der Waals surface area contributed by atoms with Gasteiger partial charge in [-0.2, -0.15) is 4.98 Å². The summed E-state index contributed by atoms with van der Waals surface area (Å²) in [6.45, 7) is 1.92. The minimum absolute atomic E-state index is 0.528. The Balaban J connectivity index is 1.93. The van der Waals surface area contributed by atoms with E-state index in [4.69, 9.17) is 11.6 Å². The summed E-state index contributed by atoms with van der Waals surface area (Å²) in [5, 5.41) is 7.05. The fraction of sp³-hybridized carbons (Fsp3) is 0.333. The van der Waals surface area contributed by atoms with Crippen LogP contribution in [-0.2, 0) is 0 Å². The summed E-state index contributed by atoms with van der Waals surface area (Å²) < 4.78 is 0. The van der Waals surface area contributed by atoms with Crippen molar-refractivity contribution in [3.05, 3.63) is 41.6 Å². The number of halogens is 1. The average molecular weight is 306 g/mol. The number of benzene rings is 1. The highest BCUT2D eigenvalue weighted by Gasteiger charge is 2.03. The average Bonchev–Trinajstić information content (AvgIpc) is 2.46. The largest absolute Gasteiger partial charge is 0.370 e. The van der Waals surface area contributed by atoms with Crippen molar-refractivity contribution in [3.8, 4) is 0 Å². The molecule has 0 spiro atoms. The standard InChI is InChI=1S/C15H20ClN5/c1-21(2)11-5-9-17-14-8-10-18-15(20-14)19-13-7-4-3-6-12(13)16/h3-4,6-8,10H,5,9,11H2,1-2H3,(H2,17,18,19,20). The topological polar surface area (TPSA) is 53.1 Å². The summed E-state index contributed by atoms with van der Waals surface area (Å²) in [7, 11) is 4.13. The van der Waals surface area contributed by atoms with E-state index in [0.29, 0.717) is 11.0 Å². The summed E-state index contributed by atoms with van der Waals surface area (Å²) in [6.07, 6.45) is 2.78. The minimum Gasteiger partial charge on any atom is -0.370 e. The fourth-order valence-corrected chi connectivity index (χ4v) is 2.00. The molecule has 1 aromatic carbocycles. The molecule has 2 aromatic rings. The van der Waals surface area contributed by atoms with Crippen LogP contribution in [0.25, 0.3) is 0 Å². The van der Waals surface area contributed by atoms with Crippen LogP contribution >= 0.6 is 11.6 Å². The molecule has 0 atom stereocenters. The number of para-hydroxylation sites is 1. The maximum absolute atomic E-state index is 6.11. The van der Waals surface area contributed by atoms with Gasteiger partial charge in [-0.3, -0.25) is 0 Å². The van der Waals surface area contributed by atoms with Crippen molar-refractivity contribution in [2.45, 2.75) is 6.42 Å². The van der Waals surface area contributed by atoms with Crippen LogP contribution in [0.15, 0.2) is 36.5 Å². The quantitative estimate of drug-likeness (QED) is 0.769. The van der Waals surface area contributed by atoms with Gasteiger partial charge in [0, 0.05) is 12.7 Å². The van der Waals surface area contributed by atoms with Crippen molar-refractivity contribution >= 4 is 29.1 Å². The summed E-state index contributed by atoms with van der Waals surface area (Å²) in [5.74, 6) is 1.33. The van der Waals surface area contributed by atoms with E-state index in [1.807, 2.05) is 30.3 Å². The van der Waals surface area contributed by atoms with Gasteiger partial charge < -0.3 is 15.5 Å². The van der Waals surface area contributed by atoms with Gasteiger partial charge in [0.05, 0.1) is 10.7 Å². The van der Waals surface area contributed by atoms with Crippen LogP contribution in [-0.4, -0.2) is 42.1 Å². The molecule has 2 N–H and O–H groups in total. The van der Waals surface area contributed by atoms with Gasteiger partial charge >= 0.3 is 0 Å². The van der Waals surface area contributed by atoms with E-state index < -0.39 is 0 Å². The molecule has 21 heavy (non-hydrogen) atoms. The van der Waals surface area contributed by atoms with E-state index in [-0.39, 0.29) is 0 Å². The van der Waals surface area contributed by atoms with Gasteiger partial charge in [0.15, 0.2) is 0 Å². The second kappa shape index (κ2) is 7.81. The first-order valence-electron chi connectivity index (χ1n) is 6.88. The molecule has 5 nitrogen and oxygen atoms in total. The van der Waals surface area contributed by atoms with E-state index >= 15 is 0 Å². The van der Waals surface area contributed by atoms with Crippen LogP contribution in [0.2, 0.25) is 5.02 Å². The summed E-state index contributed by atoms with van der Waals surface area (Å²) in [6, 6.07) is 9.37. The zero-order valence-corrected chi connectivity index (χ0v) is 13.1. The van der Waals surface area contributed by atoms with E-state index in [2.05, 4.69) is 39.6 Å². The van der Waals surface area contributed by atoms with Crippen LogP contribution in [0.1, 0.15) is 6.42 Å². The number of hydrogen-bond acceptors (Lipinski definition) is 5. The summed E-state index contributed by atoms with van der Waals surface area (Å²) in [5.41, 5.74) is 0.795. The first-order valence-corrected chi connectivity index (χ1v) is 7.26. The maximum Gasteiger partial charge on any atom is 0.229 e. The Bertz CT molecular complexity index is 573. The first kappa shape index (κ1) is 15.5. The zero-order chi connectivity index (χ0) is 15.1. The molecule has 0 saturated carbocycles. The predicted octanol–water partition coefficient (Wildman–Crippen LogP) is 3.24. The van der Waals surface area contributed by atoms with Gasteiger partial charge in [-0.25, -0.2) is 4.98 Å². The Morgan fingerprint density at radius 1 is 1.19 bits per heavy atom. The second-order valence-corrected chi connectivity index (χ2v) is 5.36. The van der Waals surface area contributed by atoms with E-state index in [1.165, 1.54) is 0 Å². The lowest BCUT2D eigenvalue weighted by Gasteiger charge is -2.11. The third kappa shape index (κ3) is 5.21. The highest BCUT2D eigenvalue weighted by Crippen LogP contribution is 2.23. The van der Waals surface area contributed by atoms with Crippen LogP contribution in [0.3, 0.4) is 0 Å². The number of hydrogen-bond donors (Lipinski definition) is 2. The lowest BCUT2D eigenvalue weighted by atomic mass is 10.3. The smallest absolute Gasteiger partial charge is 0.229 e. The number of rotatable bonds is 7. The van der Waals surface area contributed by atoms with E-state index in [1.54, 1.807) is 6.20 Å². The van der Waals surface area contributed by atoms with Crippen LogP contribution in [0.5, 0.6) is 0 Å². The molecule has 0 aliphatic rings. The maximum atomic E-state index is 6.11. The summed E-state index contributed by atoms with van der Waals surface area (Å²) in [4.78, 5) is 10.8. The molecule has 0 unspecified atom stereocenters. The second-order valence-electron chi connectivity index (χ2n) is 4.95. The third-order valence-electron chi connectivity index (χ3n) is 2.86. The number of nitrogens with zero attached hydrogens (tertiary/aromatic N) is 3. The van der Waals surface area contributed by atoms with E-state index in [9.17, 15) is 0 Å². The van der Waals surface area contributed by atoms with Gasteiger partial charge in [-0.1, -0.05) is 23.7 Å². The molecule has 1 heterocycles. The van der Waals surface area contributed by atoms with Crippen LogP contribution in [0, 0.1) is 0 Å². The Morgan fingerprint density at radius 2 is 2.00 bits per heavy atom. The van der Waals surface area contributed by atoms with Crippen molar-refractivity contribution in [1.82, 2.24) is 14.9 Å². The Labute approximate surface area is 130 Å². The lowest BCUT2D eigenvalue weighted by Crippen LogP contribution is -2.16. The monoisotopic (exact) mass is 305 g/mol. The van der Waals surface area contributed by atoms with E-state index in [0.717, 1.165) is 31.0 Å². The Hall–Kier alpha value is -1.85. The van der Waals surface area contributed by atoms with Crippen molar-refractivity contribution in [3.63, 3.8) is 0 Å². The molecule has 1 aromatic heterocycles. The molecule has 6 heteroatoms. The summed E-state index contributed by atoms with van der Waals surface area (Å²) >= 11 is 6.11. The predicted molar refractivity (Wildman–Crippen MR) is 88.4 cm³/mol. The normalized spacial score (nSPS) is 10.7. The molecule has 0 bridgehead atoms. The Kier molecular flexibility index (Phi) is 5.78. The van der Waals surface area contributed by atoms with Crippen molar-refractivity contribution in [1.29, 1.82) is 0 Å².